The van der Waals surface area contributed by atoms with Crippen molar-refractivity contribution in [2.75, 3.05) is 13.7 Å². The Morgan fingerprint density at radius 2 is 1.44 bits per heavy atom. The summed E-state index contributed by atoms with van der Waals surface area (Å²) in [5, 5.41) is 4.77. The SMILES string of the molecule is COC(=O)[C@H](CO[Si](c1ccccc1)(c1ccccc1)C(C)(C)C)NC(=O)/C=C/C[Si](C)(C)C. The van der Waals surface area contributed by atoms with Gasteiger partial charge in [0.2, 0.25) is 5.91 Å². The maximum atomic E-state index is 12.6. The van der Waals surface area contributed by atoms with Gasteiger partial charge in [-0.05, 0) is 27.5 Å². The number of benzene rings is 2. The molecule has 184 valence electrons. The van der Waals surface area contributed by atoms with Crippen molar-refractivity contribution in [1.82, 2.24) is 5.32 Å². The maximum Gasteiger partial charge on any atom is 0.330 e. The quantitative estimate of drug-likeness (QED) is 0.305. The standard InChI is InChI=1S/C27H39NO4Si2/c1-27(2,3)34(22-15-10-8-11-16-22,23-17-12-9-13-18-23)32-21-24(26(30)31-4)28-25(29)19-14-20-33(5,6)7/h8-19,24H,20-21H2,1-7H3,(H,28,29)/b19-14+/t24-/m0/s1. The first-order chi connectivity index (χ1) is 15.9. The largest absolute Gasteiger partial charge is 0.467 e. The van der Waals surface area contributed by atoms with Gasteiger partial charge in [-0.1, -0.05) is 107 Å². The van der Waals surface area contributed by atoms with Crippen LogP contribution in [0.1, 0.15) is 20.8 Å². The third kappa shape index (κ3) is 7.25. The molecule has 34 heavy (non-hydrogen) atoms. The van der Waals surface area contributed by atoms with Crippen LogP contribution in [-0.4, -0.2) is 48.0 Å². The molecule has 2 rings (SSSR count). The second-order valence-corrected chi connectivity index (χ2v) is 20.6. The van der Waals surface area contributed by atoms with E-state index in [0.29, 0.717) is 0 Å². The molecule has 0 unspecified atom stereocenters. The topological polar surface area (TPSA) is 64.6 Å². The smallest absolute Gasteiger partial charge is 0.330 e. The van der Waals surface area contributed by atoms with E-state index in [9.17, 15) is 9.59 Å². The van der Waals surface area contributed by atoms with Gasteiger partial charge in [-0.3, -0.25) is 4.79 Å². The Kier molecular flexibility index (Phi) is 9.61. The van der Waals surface area contributed by atoms with Gasteiger partial charge >= 0.3 is 5.97 Å². The number of esters is 1. The highest BCUT2D eigenvalue weighted by Gasteiger charge is 2.50. The van der Waals surface area contributed by atoms with E-state index in [1.165, 1.54) is 13.2 Å². The van der Waals surface area contributed by atoms with Gasteiger partial charge in [0.25, 0.3) is 8.32 Å². The van der Waals surface area contributed by atoms with Crippen molar-refractivity contribution < 1.29 is 18.8 Å². The molecule has 1 N–H and O–H groups in total. The van der Waals surface area contributed by atoms with Crippen LogP contribution < -0.4 is 15.7 Å². The van der Waals surface area contributed by atoms with Crippen LogP contribution in [0.15, 0.2) is 72.8 Å². The minimum atomic E-state index is -2.84. The lowest BCUT2D eigenvalue weighted by Gasteiger charge is -2.43. The van der Waals surface area contributed by atoms with Gasteiger partial charge in [-0.15, -0.1) is 0 Å². The summed E-state index contributed by atoms with van der Waals surface area (Å²) in [6.07, 6.45) is 3.40. The summed E-state index contributed by atoms with van der Waals surface area (Å²) in [5.74, 6) is -0.843. The monoisotopic (exact) mass is 497 g/mol. The number of rotatable bonds is 10. The molecular weight excluding hydrogens is 458 g/mol. The molecule has 0 aliphatic heterocycles. The van der Waals surface area contributed by atoms with Gasteiger partial charge in [-0.2, -0.15) is 0 Å². The lowest BCUT2D eigenvalue weighted by atomic mass is 10.2. The summed E-state index contributed by atoms with van der Waals surface area (Å²) in [7, 11) is -2.83. The van der Waals surface area contributed by atoms with E-state index < -0.39 is 28.4 Å². The van der Waals surface area contributed by atoms with E-state index in [2.05, 4.69) is 70.0 Å². The number of ether oxygens (including phenoxy) is 1. The zero-order valence-corrected chi connectivity index (χ0v) is 23.6. The first-order valence-corrected chi connectivity index (χ1v) is 17.3. The number of carbonyl (C=O) groups excluding carboxylic acids is 2. The summed E-state index contributed by atoms with van der Waals surface area (Å²) >= 11 is 0. The molecule has 0 saturated heterocycles. The van der Waals surface area contributed by atoms with Gasteiger partial charge in [0.05, 0.1) is 13.7 Å². The maximum absolute atomic E-state index is 12.6. The van der Waals surface area contributed by atoms with Gasteiger partial charge in [0, 0.05) is 8.07 Å². The first-order valence-electron chi connectivity index (χ1n) is 11.7. The lowest BCUT2D eigenvalue weighted by Crippen LogP contribution is -2.67. The molecule has 7 heteroatoms. The number of nitrogens with one attached hydrogen (secondary N) is 1. The van der Waals surface area contributed by atoms with Crippen molar-refractivity contribution in [2.24, 2.45) is 0 Å². The van der Waals surface area contributed by atoms with Gasteiger partial charge in [0.1, 0.15) is 6.04 Å². The van der Waals surface area contributed by atoms with Crippen molar-refractivity contribution in [2.45, 2.75) is 57.5 Å². The normalized spacial score (nSPS) is 13.5. The Morgan fingerprint density at radius 1 is 0.941 bits per heavy atom. The van der Waals surface area contributed by atoms with E-state index in [0.717, 1.165) is 16.4 Å². The molecule has 0 bridgehead atoms. The average Bonchev–Trinajstić information content (AvgIpc) is 2.77. The fourth-order valence-corrected chi connectivity index (χ4v) is 9.42. The van der Waals surface area contributed by atoms with E-state index in [4.69, 9.17) is 9.16 Å². The highest BCUT2D eigenvalue weighted by atomic mass is 28.4. The van der Waals surface area contributed by atoms with Gasteiger partial charge < -0.3 is 14.5 Å². The van der Waals surface area contributed by atoms with Crippen molar-refractivity contribution in [1.29, 1.82) is 0 Å². The van der Waals surface area contributed by atoms with E-state index in [1.54, 1.807) is 0 Å². The predicted molar refractivity (Wildman–Crippen MR) is 145 cm³/mol. The molecule has 2 aromatic rings. The molecule has 0 heterocycles. The molecule has 5 nitrogen and oxygen atoms in total. The number of carbonyl (C=O) groups is 2. The van der Waals surface area contributed by atoms with Crippen LogP contribution in [0.5, 0.6) is 0 Å². The molecule has 0 aliphatic rings. The van der Waals surface area contributed by atoms with Crippen LogP contribution in [0.2, 0.25) is 30.7 Å². The number of hydrogen-bond donors (Lipinski definition) is 1. The predicted octanol–water partition coefficient (Wildman–Crippen LogP) is 4.12. The minimum absolute atomic E-state index is 0.0214. The molecule has 0 radical (unpaired) electrons. The van der Waals surface area contributed by atoms with Crippen molar-refractivity contribution >= 4 is 38.6 Å². The molecule has 0 aromatic heterocycles. The number of amides is 1. The fourth-order valence-electron chi connectivity index (χ4n) is 4.02. The van der Waals surface area contributed by atoms with Gasteiger partial charge in [-0.25, -0.2) is 4.79 Å². The zero-order valence-electron chi connectivity index (χ0n) is 21.6. The fraction of sp³-hybridized carbons (Fsp3) is 0.407. The van der Waals surface area contributed by atoms with Crippen molar-refractivity contribution in [3.05, 3.63) is 72.8 Å². The molecule has 0 spiro atoms. The molecule has 1 atom stereocenters. The third-order valence-electron chi connectivity index (χ3n) is 5.68. The Morgan fingerprint density at radius 3 is 1.85 bits per heavy atom. The van der Waals surface area contributed by atoms with Crippen LogP contribution in [-0.2, 0) is 18.8 Å². The van der Waals surface area contributed by atoms with E-state index in [1.807, 2.05) is 42.5 Å². The highest BCUT2D eigenvalue weighted by molar-refractivity contribution is 6.99. The lowest BCUT2D eigenvalue weighted by molar-refractivity contribution is -0.145. The molecule has 0 saturated carbocycles. The summed E-state index contributed by atoms with van der Waals surface area (Å²) in [6.45, 7) is 13.3. The summed E-state index contributed by atoms with van der Waals surface area (Å²) in [6, 6.07) is 20.4. The van der Waals surface area contributed by atoms with Crippen LogP contribution in [0, 0.1) is 0 Å². The van der Waals surface area contributed by atoms with Crippen LogP contribution >= 0.6 is 0 Å². The summed E-state index contributed by atoms with van der Waals surface area (Å²) in [5.41, 5.74) is 0. The minimum Gasteiger partial charge on any atom is -0.467 e. The Bertz CT molecular complexity index is 924. The zero-order chi connectivity index (χ0) is 25.4. The molecule has 0 aliphatic carbocycles. The number of methoxy groups -OCH3 is 1. The molecule has 0 fully saturated rings. The Balaban J connectivity index is 2.39. The van der Waals surface area contributed by atoms with Crippen LogP contribution in [0.25, 0.3) is 0 Å². The van der Waals surface area contributed by atoms with Crippen LogP contribution in [0.3, 0.4) is 0 Å². The molecule has 2 aromatic carbocycles. The Hall–Kier alpha value is -2.49. The van der Waals surface area contributed by atoms with Crippen LogP contribution in [0.4, 0.5) is 0 Å². The first kappa shape index (κ1) is 27.8. The number of hydrogen-bond acceptors (Lipinski definition) is 4. The molecule has 1 amide bonds. The van der Waals surface area contributed by atoms with Crippen molar-refractivity contribution in [3.8, 4) is 0 Å². The molecular formula is C27H39NO4Si2. The van der Waals surface area contributed by atoms with E-state index >= 15 is 0 Å². The van der Waals surface area contributed by atoms with Crippen molar-refractivity contribution in [3.63, 3.8) is 0 Å². The highest BCUT2D eigenvalue weighted by Crippen LogP contribution is 2.36. The number of allylic oxidation sites excluding steroid dienone is 1. The second-order valence-electron chi connectivity index (χ2n) is 10.7. The average molecular weight is 498 g/mol. The summed E-state index contributed by atoms with van der Waals surface area (Å²) < 4.78 is 11.8. The second kappa shape index (κ2) is 11.8. The summed E-state index contributed by atoms with van der Waals surface area (Å²) in [4.78, 5) is 25.2. The van der Waals surface area contributed by atoms with E-state index in [-0.39, 0.29) is 17.6 Å². The van der Waals surface area contributed by atoms with Gasteiger partial charge in [0.15, 0.2) is 0 Å². The third-order valence-corrected chi connectivity index (χ3v) is 12.2. The Labute approximate surface area is 206 Å².